The van der Waals surface area contributed by atoms with Crippen molar-refractivity contribution in [3.8, 4) is 0 Å². The molecular weight excluding hydrogens is 711 g/mol. The largest absolute Gasteiger partial charge is 0 e. The summed E-state index contributed by atoms with van der Waals surface area (Å²) in [4.78, 5) is 42.6. The van der Waals surface area contributed by atoms with Gasteiger partial charge in [0, 0.05) is 21.1 Å². The van der Waals surface area contributed by atoms with Gasteiger partial charge in [0.15, 0.2) is 0 Å². The van der Waals surface area contributed by atoms with Crippen molar-refractivity contribution in [2.24, 2.45) is 27.4 Å². The van der Waals surface area contributed by atoms with Crippen LogP contribution in [0.5, 0.6) is 0 Å². The molecule has 0 aliphatic heterocycles. The van der Waals surface area contributed by atoms with Gasteiger partial charge in [-0.2, -0.15) is 0 Å². The minimum atomic E-state index is -2.95. The third-order valence-corrected chi connectivity index (χ3v) is 11.2. The summed E-state index contributed by atoms with van der Waals surface area (Å²) in [7, 11) is 3.18. The molecule has 3 aliphatic rings. The molecule has 1 amide bonds. The maximum atomic E-state index is 14.6. The Kier molecular flexibility index (Phi) is 7.82. The zero-order chi connectivity index (χ0) is 29.9. The third-order valence-electron chi connectivity index (χ3n) is 10.9. The number of likely N-dealkylation sites (N-methyl/N-ethyl adjacent to an activating group) is 1. The second kappa shape index (κ2) is 9.12. The predicted molar refractivity (Wildman–Crippen MR) is 137 cm³/mol. The van der Waals surface area contributed by atoms with Crippen molar-refractivity contribution >= 4 is 21.7 Å². The number of fused-ring (bicyclic) bond motifs is 2. The van der Waals surface area contributed by atoms with Gasteiger partial charge in [0.2, 0.25) is 0 Å². The van der Waals surface area contributed by atoms with Gasteiger partial charge in [0.25, 0.3) is 0 Å². The van der Waals surface area contributed by atoms with Crippen LogP contribution in [-0.2, 0) is 52.4 Å². The number of primary amides is 1. The minimum Gasteiger partial charge on any atom is 0 e. The van der Waals surface area contributed by atoms with Gasteiger partial charge < -0.3 is 0 Å². The zero-order valence-corrected chi connectivity index (χ0v) is 28.3. The molecule has 6 N–H and O–H groups in total. The molecule has 0 spiro atoms. The molecule has 1 unspecified atom stereocenters. The van der Waals surface area contributed by atoms with Gasteiger partial charge in [-0.1, -0.05) is 0 Å². The summed E-state index contributed by atoms with van der Waals surface area (Å²) in [5.41, 5.74) is -6.07. The SMILES string of the molecule is [CH-]=C1C(=C(O)[C](C)=[V])C(O)=C2C(=O)C3(O)C(=O)C(C(N)=O)=C(O)[C@@](C)(N(C)C)[C@]3(C)C(C)(C)[C@]2(C)C1(C)C.[W]. The Bertz CT molecular complexity index is 1360. The van der Waals surface area contributed by atoms with Crippen molar-refractivity contribution in [2.45, 2.75) is 66.5 Å². The molecule has 3 aliphatic carbocycles. The summed E-state index contributed by atoms with van der Waals surface area (Å²) in [5.74, 6) is -5.50. The molecule has 0 bridgehead atoms. The summed E-state index contributed by atoms with van der Waals surface area (Å²) in [6.45, 7) is 20.0. The summed E-state index contributed by atoms with van der Waals surface area (Å²) < 4.78 is 0.353. The second-order valence-corrected chi connectivity index (χ2v) is 13.4. The molecule has 0 radical (unpaired) electrons. The molecule has 39 heavy (non-hydrogen) atoms. The molecule has 1 fully saturated rings. The van der Waals surface area contributed by atoms with Gasteiger partial charge in [-0.15, -0.1) is 0 Å². The van der Waals surface area contributed by atoms with E-state index in [4.69, 9.17) is 12.3 Å². The number of allylic oxidation sites excluding steroid dienone is 2. The number of carbonyl (C=O) groups excluding carboxylic acids is 3. The Hall–Kier alpha value is -1.77. The number of hydrogen-bond acceptors (Lipinski definition) is 8. The van der Waals surface area contributed by atoms with Gasteiger partial charge in [-0.3, -0.25) is 0 Å². The summed E-state index contributed by atoms with van der Waals surface area (Å²) >= 11 is 2.13. The molecule has 9 nitrogen and oxygen atoms in total. The van der Waals surface area contributed by atoms with Crippen molar-refractivity contribution in [3.63, 3.8) is 0 Å². The van der Waals surface area contributed by atoms with E-state index in [1.165, 1.54) is 18.7 Å². The van der Waals surface area contributed by atoms with Crippen molar-refractivity contribution < 1.29 is 72.9 Å². The number of aliphatic hydroxyl groups excluding tert-OH is 3. The molecule has 0 aromatic heterocycles. The zero-order valence-electron chi connectivity index (χ0n) is 24.0. The van der Waals surface area contributed by atoms with Gasteiger partial charge in [0.1, 0.15) is 0 Å². The van der Waals surface area contributed by atoms with Crippen molar-refractivity contribution in [1.29, 1.82) is 0 Å². The molecule has 4 atom stereocenters. The average molecular weight is 748 g/mol. The number of nitrogens with zero attached hydrogens (tertiary/aromatic N) is 1. The number of nitrogens with two attached hydrogens (primary N) is 1. The Morgan fingerprint density at radius 2 is 1.46 bits per heavy atom. The molecule has 0 saturated heterocycles. The van der Waals surface area contributed by atoms with Crippen molar-refractivity contribution in [2.75, 3.05) is 14.1 Å². The van der Waals surface area contributed by atoms with Crippen LogP contribution in [0.25, 0.3) is 0 Å². The van der Waals surface area contributed by atoms with E-state index in [2.05, 4.69) is 17.0 Å². The van der Waals surface area contributed by atoms with Crippen LogP contribution in [0.4, 0.5) is 0 Å². The summed E-state index contributed by atoms with van der Waals surface area (Å²) in [6.07, 6.45) is 0. The van der Waals surface area contributed by atoms with Crippen LogP contribution in [0.1, 0.15) is 55.4 Å². The van der Waals surface area contributed by atoms with E-state index in [1.807, 2.05) is 0 Å². The molecule has 11 heteroatoms. The number of ketones is 2. The van der Waals surface area contributed by atoms with E-state index in [-0.39, 0.29) is 43.5 Å². The van der Waals surface area contributed by atoms with Crippen LogP contribution in [0.3, 0.4) is 0 Å². The second-order valence-electron chi connectivity index (χ2n) is 12.4. The molecule has 0 aromatic carbocycles. The van der Waals surface area contributed by atoms with Gasteiger partial charge in [0.05, 0.1) is 0 Å². The van der Waals surface area contributed by atoms with E-state index in [9.17, 15) is 34.8 Å². The average Bonchev–Trinajstić information content (AvgIpc) is 2.78. The Labute approximate surface area is 252 Å². The fraction of sp³-hybridized carbons (Fsp3) is 0.571. The van der Waals surface area contributed by atoms with Crippen LogP contribution >= 0.6 is 0 Å². The maximum Gasteiger partial charge on any atom is 0 e. The minimum absolute atomic E-state index is 0. The maximum absolute atomic E-state index is 14.6. The van der Waals surface area contributed by atoms with E-state index in [0.717, 1.165) is 0 Å². The van der Waals surface area contributed by atoms with Gasteiger partial charge in [-0.05, 0) is 0 Å². The molecular formula is C28H37N2O7VW-. The quantitative estimate of drug-likeness (QED) is 0.127. The van der Waals surface area contributed by atoms with E-state index >= 15 is 0 Å². The molecule has 0 aromatic rings. The third kappa shape index (κ3) is 3.20. The van der Waals surface area contributed by atoms with Crippen LogP contribution in [0.15, 0.2) is 39.6 Å². The Balaban J connectivity index is 0.00000533. The first-order chi connectivity index (χ1) is 16.9. The van der Waals surface area contributed by atoms with Gasteiger partial charge >= 0.3 is 233 Å². The van der Waals surface area contributed by atoms with Crippen molar-refractivity contribution in [3.05, 3.63) is 46.1 Å². The van der Waals surface area contributed by atoms with Gasteiger partial charge in [-0.25, -0.2) is 0 Å². The fourth-order valence-corrected chi connectivity index (χ4v) is 7.71. The Morgan fingerprint density at radius 1 is 1.00 bits per heavy atom. The van der Waals surface area contributed by atoms with Crippen LogP contribution in [-0.4, -0.2) is 72.3 Å². The first kappa shape index (κ1) is 33.4. The molecule has 213 valence electrons. The van der Waals surface area contributed by atoms with Crippen LogP contribution in [0, 0.1) is 28.2 Å². The van der Waals surface area contributed by atoms with Crippen LogP contribution in [0.2, 0.25) is 0 Å². The summed E-state index contributed by atoms with van der Waals surface area (Å²) in [5, 5.41) is 46.5. The number of rotatable bonds is 3. The smallest absolute Gasteiger partial charge is 0 e. The number of Topliss-reactive ketones (excluding diaryl/α,β-unsaturated/α-hetero) is 2. The number of aliphatic hydroxyl groups is 4. The first-order valence-electron chi connectivity index (χ1n) is 12.2. The number of hydrogen-bond donors (Lipinski definition) is 5. The Morgan fingerprint density at radius 3 is 1.85 bits per heavy atom. The molecule has 1 saturated carbocycles. The van der Waals surface area contributed by atoms with E-state index < -0.39 is 67.4 Å². The van der Waals surface area contributed by atoms with E-state index in [0.29, 0.717) is 4.23 Å². The number of amides is 1. The normalized spacial score (nSPS) is 36.7. The first-order valence-corrected chi connectivity index (χ1v) is 12.9. The predicted octanol–water partition coefficient (Wildman–Crippen LogP) is 2.30. The number of carbonyl (C=O) groups is 3. The standard InChI is InChI=1S/C28H37N2O7.V.W/c1-12-14(31)15-13(2)23(3,4)25(7)17(18(15)32)21(35)28(37)20(34)16(22(29)36)19(33)26(8,30(10)11)27(28,9)24(25,5)6;;/h2,31-33,37H,1,3-11H3,(H2,29,36);;/q-1;;/t25-,26+,27-,28?;;/m0../s1. The van der Waals surface area contributed by atoms with E-state index in [1.54, 1.807) is 55.6 Å². The van der Waals surface area contributed by atoms with Crippen molar-refractivity contribution in [1.82, 2.24) is 4.90 Å². The monoisotopic (exact) mass is 748 g/mol. The summed E-state index contributed by atoms with van der Waals surface area (Å²) in [6, 6.07) is 0. The topological polar surface area (TPSA) is 161 Å². The fourth-order valence-electron chi connectivity index (χ4n) is 7.54. The molecule has 0 heterocycles. The molecule has 3 rings (SSSR count). The van der Waals surface area contributed by atoms with Crippen LogP contribution < -0.4 is 5.73 Å².